The van der Waals surface area contributed by atoms with Gasteiger partial charge in [0.25, 0.3) is 0 Å². The Hall–Kier alpha value is 0.299. The number of hydrogen-bond donors (Lipinski definition) is 0. The first-order valence-electron chi connectivity index (χ1n) is 0.309. The van der Waals surface area contributed by atoms with E-state index in [1.54, 1.807) is 0 Å². The number of hydrogen-bond acceptors (Lipinski definition) is 2. The summed E-state index contributed by atoms with van der Waals surface area (Å²) in [6, 6.07) is 0. The van der Waals surface area contributed by atoms with Gasteiger partial charge in [-0.3, -0.25) is 0 Å². The molecule has 0 amide bonds. The van der Waals surface area contributed by atoms with Crippen LogP contribution in [-0.2, 0) is 17.1 Å². The molecule has 0 aliphatic rings. The van der Waals surface area contributed by atoms with Gasteiger partial charge in [0, 0.05) is 0 Å². The van der Waals surface area contributed by atoms with E-state index >= 15 is 0 Å². The normalized spacial score (nSPS) is 2.40. The molecule has 0 atom stereocenters. The third-order valence-electron chi connectivity index (χ3n) is 0. The van der Waals surface area contributed by atoms with Crippen molar-refractivity contribution in [2.75, 3.05) is 0 Å². The molecule has 0 rings (SSSR count). The second kappa shape index (κ2) is 522. The Morgan fingerprint density at radius 1 is 0.800 bits per heavy atom. The van der Waals surface area contributed by atoms with Gasteiger partial charge in [0.05, 0.1) is 0 Å². The van der Waals surface area contributed by atoms with Crippen molar-refractivity contribution in [3.8, 4) is 0 Å². The van der Waals surface area contributed by atoms with Crippen LogP contribution in [0.25, 0.3) is 0 Å². The number of halogens is 2. The molecule has 5 heavy (non-hydrogen) atoms. The maximum Gasteiger partial charge on any atom is 2.00 e. The van der Waals surface area contributed by atoms with Crippen molar-refractivity contribution in [3.63, 3.8) is 0 Å². The van der Waals surface area contributed by atoms with Crippen LogP contribution < -0.4 is 10.6 Å². The topological polar surface area (TPSA) is 46.1 Å². The molecule has 0 spiro atoms. The maximum atomic E-state index is 8.25. The first-order valence-corrected chi connectivity index (χ1v) is 0.309. The Morgan fingerprint density at radius 3 is 0.800 bits per heavy atom. The minimum Gasteiger partial charge on any atom is -0.682 e. The van der Waals surface area contributed by atoms with Crippen LogP contribution in [0.3, 0.4) is 0 Å². The predicted octanol–water partition coefficient (Wildman–Crippen LogP) is -1.54. The van der Waals surface area contributed by atoms with Crippen molar-refractivity contribution in [3.05, 3.63) is 0 Å². The molecular weight excluding hydrogens is 134 g/mol. The quantitative estimate of drug-likeness (QED) is 0.376. The third kappa shape index (κ3) is 253. The van der Waals surface area contributed by atoms with Crippen molar-refractivity contribution in [1.29, 1.82) is 0 Å². The average molecular weight is 134 g/mol. The Bertz CT molecular complexity index is 7.61. The van der Waals surface area contributed by atoms with E-state index in [1.165, 1.54) is 0 Å². The molecule has 0 saturated carbocycles. The zero-order chi connectivity index (χ0) is 4.00. The smallest absolute Gasteiger partial charge is 0.682 e. The van der Waals surface area contributed by atoms with E-state index in [1.807, 2.05) is 0 Å². The Balaban J connectivity index is -0.0000000133. The summed E-state index contributed by atoms with van der Waals surface area (Å²) in [6.07, 6.45) is 0. The Labute approximate surface area is 37.7 Å². The van der Waals surface area contributed by atoms with E-state index in [4.69, 9.17) is 19.7 Å². The molecule has 37 valence electrons. The third-order valence-corrected chi connectivity index (χ3v) is 0. The number of rotatable bonds is 0. The maximum absolute atomic E-state index is 8.25. The van der Waals surface area contributed by atoms with E-state index in [-0.39, 0.29) is 17.1 Å². The van der Waals surface area contributed by atoms with E-state index in [0.717, 1.165) is 0 Å². The van der Waals surface area contributed by atoms with Crippen LogP contribution in [0.5, 0.6) is 0 Å². The minimum absolute atomic E-state index is 0. The largest absolute Gasteiger partial charge is 2.00 e. The zero-order valence-corrected chi connectivity index (χ0v) is 2.82. The molecule has 0 saturated heterocycles. The minimum atomic E-state index is 0. The Kier molecular flexibility index (Phi) is 1930. The van der Waals surface area contributed by atoms with E-state index < -0.39 is 0 Å². The first-order chi connectivity index (χ1) is 2.00. The van der Waals surface area contributed by atoms with Crippen LogP contribution in [0.2, 0.25) is 0 Å². The van der Waals surface area contributed by atoms with Gasteiger partial charge >= 0.3 is 17.1 Å². The molecule has 1 radical (unpaired) electrons. The molecule has 0 aliphatic carbocycles. The molecule has 0 bridgehead atoms. The molecule has 0 N–H and O–H groups in total. The molecule has 0 unspecified atom stereocenters. The fourth-order valence-electron chi connectivity index (χ4n) is 0. The van der Waals surface area contributed by atoms with E-state index in [9.17, 15) is 0 Å². The van der Waals surface area contributed by atoms with Gasteiger partial charge < -0.3 is 19.7 Å². The molecule has 0 aromatic rings. The fourth-order valence-corrected chi connectivity index (χ4v) is 0. The van der Waals surface area contributed by atoms with Crippen LogP contribution in [0.15, 0.2) is 0 Å². The molecule has 0 aromatic heterocycles. The summed E-state index contributed by atoms with van der Waals surface area (Å²) < 4.78 is 16.5. The van der Waals surface area contributed by atoms with Crippen molar-refractivity contribution in [1.82, 2.24) is 0 Å². The van der Waals surface area contributed by atoms with Crippen LogP contribution in [0.1, 0.15) is 0 Å². The van der Waals surface area contributed by atoms with Crippen LogP contribution in [0.4, 0.5) is 9.05 Å². The SMILES string of the molecule is [Cu+2].[O-]F.[O-]F. The van der Waals surface area contributed by atoms with Gasteiger partial charge in [-0.15, -0.1) is 0 Å². The summed E-state index contributed by atoms with van der Waals surface area (Å²) >= 11 is 0. The van der Waals surface area contributed by atoms with Gasteiger partial charge in [-0.25, -0.2) is 0 Å². The summed E-state index contributed by atoms with van der Waals surface area (Å²) in [7, 11) is 0. The predicted molar refractivity (Wildman–Crippen MR) is 2.22 cm³/mol. The summed E-state index contributed by atoms with van der Waals surface area (Å²) in [5.74, 6) is 0. The summed E-state index contributed by atoms with van der Waals surface area (Å²) in [5, 5.41) is 13.5. The standard InChI is InChI=1S/Cu.2FO/c;2*1-2/q+2;2*-1. The molecule has 0 heterocycles. The van der Waals surface area contributed by atoms with Gasteiger partial charge in [0.15, 0.2) is 0 Å². The van der Waals surface area contributed by atoms with Crippen molar-refractivity contribution >= 4 is 0 Å². The van der Waals surface area contributed by atoms with E-state index in [0.29, 0.717) is 0 Å². The van der Waals surface area contributed by atoms with Gasteiger partial charge in [0.1, 0.15) is 0 Å². The van der Waals surface area contributed by atoms with Crippen molar-refractivity contribution in [2.24, 2.45) is 0 Å². The van der Waals surface area contributed by atoms with Gasteiger partial charge in [-0.1, -0.05) is 0 Å². The molecule has 2 nitrogen and oxygen atoms in total. The van der Waals surface area contributed by atoms with Crippen LogP contribution >= 0.6 is 0 Å². The van der Waals surface area contributed by atoms with Crippen LogP contribution in [-0.4, -0.2) is 0 Å². The molecular formula is CuF2O2. The molecule has 0 aromatic carbocycles. The van der Waals surface area contributed by atoms with Gasteiger partial charge in [-0.2, -0.15) is 0 Å². The summed E-state index contributed by atoms with van der Waals surface area (Å²) in [6.45, 7) is 0. The zero-order valence-electron chi connectivity index (χ0n) is 1.87. The van der Waals surface area contributed by atoms with Crippen LogP contribution in [0, 0.1) is 0 Å². The second-order valence-corrected chi connectivity index (χ2v) is 0. The fraction of sp³-hybridized carbons (Fsp3) is 0. The van der Waals surface area contributed by atoms with Gasteiger partial charge in [-0.05, 0) is 0 Å². The van der Waals surface area contributed by atoms with Crippen molar-refractivity contribution < 1.29 is 36.7 Å². The second-order valence-electron chi connectivity index (χ2n) is 0. The van der Waals surface area contributed by atoms with Gasteiger partial charge in [0.2, 0.25) is 0 Å². The summed E-state index contributed by atoms with van der Waals surface area (Å²) in [4.78, 5) is 0. The molecule has 5 heteroatoms. The molecule has 0 aliphatic heterocycles. The summed E-state index contributed by atoms with van der Waals surface area (Å²) in [5.41, 5.74) is 0. The first kappa shape index (κ1) is 18.5. The van der Waals surface area contributed by atoms with Crippen molar-refractivity contribution in [2.45, 2.75) is 0 Å². The monoisotopic (exact) mass is 133 g/mol. The Morgan fingerprint density at radius 2 is 0.800 bits per heavy atom. The van der Waals surface area contributed by atoms with E-state index in [2.05, 4.69) is 0 Å². The average Bonchev–Trinajstić information content (AvgIpc) is 1.50. The molecule has 0 fully saturated rings.